The monoisotopic (exact) mass is 237 g/mol. The Morgan fingerprint density at radius 3 is 2.88 bits per heavy atom. The van der Waals surface area contributed by atoms with E-state index in [9.17, 15) is 9.59 Å². The number of anilines is 1. The molecule has 17 heavy (non-hydrogen) atoms. The van der Waals surface area contributed by atoms with Gasteiger partial charge in [0.2, 0.25) is 5.91 Å². The number of aromatic nitrogens is 1. The first-order valence-corrected chi connectivity index (χ1v) is 5.87. The molecule has 1 amide bonds. The largest absolute Gasteiger partial charge is 0.330 e. The molecule has 0 aliphatic rings. The van der Waals surface area contributed by atoms with Crippen molar-refractivity contribution in [3.05, 3.63) is 28.7 Å². The van der Waals surface area contributed by atoms with Gasteiger partial charge in [0.1, 0.15) is 0 Å². The van der Waals surface area contributed by atoms with Gasteiger partial charge < -0.3 is 15.6 Å². The van der Waals surface area contributed by atoms with Crippen LogP contribution in [-0.4, -0.2) is 17.0 Å². The van der Waals surface area contributed by atoms with E-state index in [1.807, 2.05) is 6.92 Å². The first kappa shape index (κ1) is 13.4. The van der Waals surface area contributed by atoms with Crippen LogP contribution in [0.4, 0.5) is 5.69 Å². The zero-order valence-electron chi connectivity index (χ0n) is 10.1. The topological polar surface area (TPSA) is 77.1 Å². The Kier molecular flexibility index (Phi) is 5.42. The molecule has 94 valence electrons. The zero-order chi connectivity index (χ0) is 12.7. The highest BCUT2D eigenvalue weighted by atomic mass is 16.1. The van der Waals surface area contributed by atoms with Gasteiger partial charge in [0, 0.05) is 25.2 Å². The molecule has 1 rings (SSSR count). The van der Waals surface area contributed by atoms with Crippen LogP contribution in [0.5, 0.6) is 0 Å². The van der Waals surface area contributed by atoms with Crippen molar-refractivity contribution in [2.75, 3.05) is 11.9 Å². The van der Waals surface area contributed by atoms with Crippen LogP contribution in [0.25, 0.3) is 0 Å². The average molecular weight is 237 g/mol. The quantitative estimate of drug-likeness (QED) is 0.772. The molecular weight excluding hydrogens is 218 g/mol. The highest BCUT2D eigenvalue weighted by Gasteiger charge is 2.03. The van der Waals surface area contributed by atoms with E-state index in [0.717, 1.165) is 6.42 Å². The Hall–Kier alpha value is -1.62. The first-order chi connectivity index (χ1) is 8.17. The summed E-state index contributed by atoms with van der Waals surface area (Å²) in [6, 6.07) is 3.09. The summed E-state index contributed by atoms with van der Waals surface area (Å²) in [5, 5.41) is 2.75. The highest BCUT2D eigenvalue weighted by Crippen LogP contribution is 2.05. The first-order valence-electron chi connectivity index (χ1n) is 5.87. The van der Waals surface area contributed by atoms with E-state index in [1.165, 1.54) is 6.07 Å². The van der Waals surface area contributed by atoms with Gasteiger partial charge in [-0.2, -0.15) is 0 Å². The number of hydrogen-bond donors (Lipinski definition) is 2. The highest BCUT2D eigenvalue weighted by molar-refractivity contribution is 5.90. The maximum absolute atomic E-state index is 11.5. The second kappa shape index (κ2) is 6.85. The van der Waals surface area contributed by atoms with Gasteiger partial charge in [0.25, 0.3) is 5.56 Å². The summed E-state index contributed by atoms with van der Waals surface area (Å²) >= 11 is 0. The van der Waals surface area contributed by atoms with Crippen molar-refractivity contribution in [2.45, 2.75) is 32.7 Å². The summed E-state index contributed by atoms with van der Waals surface area (Å²) in [5.41, 5.74) is 5.93. The second-order valence-electron chi connectivity index (χ2n) is 3.89. The van der Waals surface area contributed by atoms with Crippen LogP contribution < -0.4 is 16.6 Å². The Balaban J connectivity index is 2.68. The fraction of sp³-hybridized carbons (Fsp3) is 0.500. The fourth-order valence-corrected chi connectivity index (χ4v) is 1.51. The van der Waals surface area contributed by atoms with Crippen molar-refractivity contribution in [2.24, 2.45) is 5.73 Å². The lowest BCUT2D eigenvalue weighted by molar-refractivity contribution is -0.116. The van der Waals surface area contributed by atoms with Gasteiger partial charge >= 0.3 is 0 Å². The number of pyridine rings is 1. The number of nitrogens with two attached hydrogens (primary N) is 1. The lowest BCUT2D eigenvalue weighted by Crippen LogP contribution is -2.20. The minimum Gasteiger partial charge on any atom is -0.330 e. The Morgan fingerprint density at radius 1 is 1.47 bits per heavy atom. The number of amides is 1. The van der Waals surface area contributed by atoms with Gasteiger partial charge in [-0.1, -0.05) is 6.92 Å². The SMILES string of the molecule is CCCn1cc(NC(=O)CCCN)ccc1=O. The molecule has 0 fully saturated rings. The standard InChI is InChI=1S/C12H19N3O2/c1-2-8-15-9-10(5-6-12(15)17)14-11(16)4-3-7-13/h5-6,9H,2-4,7-8,13H2,1H3,(H,14,16). The average Bonchev–Trinajstić information content (AvgIpc) is 2.31. The van der Waals surface area contributed by atoms with Crippen LogP contribution in [0.15, 0.2) is 23.1 Å². The molecule has 0 saturated carbocycles. The molecule has 0 spiro atoms. The van der Waals surface area contributed by atoms with Crippen LogP contribution in [0.3, 0.4) is 0 Å². The molecule has 0 unspecified atom stereocenters. The molecule has 1 heterocycles. The van der Waals surface area contributed by atoms with Crippen LogP contribution in [0.2, 0.25) is 0 Å². The van der Waals surface area contributed by atoms with Crippen LogP contribution >= 0.6 is 0 Å². The summed E-state index contributed by atoms with van der Waals surface area (Å²) in [7, 11) is 0. The summed E-state index contributed by atoms with van der Waals surface area (Å²) in [6.07, 6.45) is 3.63. The number of aryl methyl sites for hydroxylation is 1. The van der Waals surface area contributed by atoms with E-state index in [4.69, 9.17) is 5.73 Å². The molecule has 1 aromatic heterocycles. The van der Waals surface area contributed by atoms with Crippen molar-refractivity contribution >= 4 is 11.6 Å². The van der Waals surface area contributed by atoms with Crippen molar-refractivity contribution < 1.29 is 4.79 Å². The minimum atomic E-state index is -0.0721. The molecule has 0 atom stereocenters. The number of carbonyl (C=O) groups is 1. The molecule has 0 aromatic carbocycles. The van der Waals surface area contributed by atoms with E-state index < -0.39 is 0 Å². The zero-order valence-corrected chi connectivity index (χ0v) is 10.1. The molecule has 0 bridgehead atoms. The van der Waals surface area contributed by atoms with Crippen LogP contribution in [-0.2, 0) is 11.3 Å². The molecular formula is C12H19N3O2. The molecule has 5 nitrogen and oxygen atoms in total. The number of nitrogens with one attached hydrogen (secondary N) is 1. The van der Waals surface area contributed by atoms with Crippen molar-refractivity contribution in [3.63, 3.8) is 0 Å². The third kappa shape index (κ3) is 4.40. The lowest BCUT2D eigenvalue weighted by Gasteiger charge is -2.08. The van der Waals surface area contributed by atoms with E-state index in [-0.39, 0.29) is 11.5 Å². The number of carbonyl (C=O) groups excluding carboxylic acids is 1. The second-order valence-corrected chi connectivity index (χ2v) is 3.89. The van der Waals surface area contributed by atoms with Crippen molar-refractivity contribution in [3.8, 4) is 0 Å². The third-order valence-electron chi connectivity index (χ3n) is 2.34. The summed E-state index contributed by atoms with van der Waals surface area (Å²) in [5.74, 6) is -0.0721. The van der Waals surface area contributed by atoms with Gasteiger partial charge in [0.05, 0.1) is 5.69 Å². The van der Waals surface area contributed by atoms with Gasteiger partial charge in [-0.05, 0) is 25.5 Å². The molecule has 0 aliphatic carbocycles. The molecule has 0 radical (unpaired) electrons. The predicted molar refractivity (Wildman–Crippen MR) is 67.9 cm³/mol. The molecule has 1 aromatic rings. The molecule has 0 saturated heterocycles. The number of nitrogens with zero attached hydrogens (tertiary/aromatic N) is 1. The summed E-state index contributed by atoms with van der Waals surface area (Å²) < 4.78 is 1.60. The van der Waals surface area contributed by atoms with E-state index in [1.54, 1.807) is 16.8 Å². The van der Waals surface area contributed by atoms with E-state index in [2.05, 4.69) is 5.32 Å². The summed E-state index contributed by atoms with van der Waals surface area (Å²) in [6.45, 7) is 3.16. The number of hydrogen-bond acceptors (Lipinski definition) is 3. The maximum Gasteiger partial charge on any atom is 0.250 e. The minimum absolute atomic E-state index is 0.0493. The Bertz CT molecular complexity index is 426. The number of rotatable bonds is 6. The van der Waals surface area contributed by atoms with Crippen molar-refractivity contribution in [1.29, 1.82) is 0 Å². The smallest absolute Gasteiger partial charge is 0.250 e. The van der Waals surface area contributed by atoms with Gasteiger partial charge in [-0.3, -0.25) is 9.59 Å². The van der Waals surface area contributed by atoms with Crippen LogP contribution in [0.1, 0.15) is 26.2 Å². The third-order valence-corrected chi connectivity index (χ3v) is 2.34. The van der Waals surface area contributed by atoms with Crippen molar-refractivity contribution in [1.82, 2.24) is 4.57 Å². The van der Waals surface area contributed by atoms with Gasteiger partial charge in [-0.25, -0.2) is 0 Å². The Morgan fingerprint density at radius 2 is 2.24 bits per heavy atom. The molecule has 3 N–H and O–H groups in total. The van der Waals surface area contributed by atoms with E-state index in [0.29, 0.717) is 31.6 Å². The predicted octanol–water partition coefficient (Wildman–Crippen LogP) is 0.936. The van der Waals surface area contributed by atoms with Gasteiger partial charge in [-0.15, -0.1) is 0 Å². The molecule has 5 heteroatoms. The molecule has 0 aliphatic heterocycles. The normalized spacial score (nSPS) is 10.2. The maximum atomic E-state index is 11.5. The Labute approximate surface area is 101 Å². The van der Waals surface area contributed by atoms with Gasteiger partial charge in [0.15, 0.2) is 0 Å². The van der Waals surface area contributed by atoms with Crippen LogP contribution in [0, 0.1) is 0 Å². The summed E-state index contributed by atoms with van der Waals surface area (Å²) in [4.78, 5) is 22.9. The van der Waals surface area contributed by atoms with E-state index >= 15 is 0 Å². The fourth-order valence-electron chi connectivity index (χ4n) is 1.51. The lowest BCUT2D eigenvalue weighted by atomic mass is 10.3.